The molecule has 12 heteroatoms. The molecular formula is C33H30FN3O6S2. The molecule has 2 aliphatic heterocycles. The van der Waals surface area contributed by atoms with E-state index in [-0.39, 0.29) is 28.4 Å². The number of amides is 1. The number of hydrogen-bond donors (Lipinski definition) is 1. The van der Waals surface area contributed by atoms with E-state index in [1.165, 1.54) is 22.7 Å². The molecule has 4 aromatic rings. The molecule has 0 radical (unpaired) electrons. The van der Waals surface area contributed by atoms with Gasteiger partial charge in [-0.15, -0.1) is 10.2 Å². The minimum Gasteiger partial charge on any atom is -0.507 e. The fourth-order valence-corrected chi connectivity index (χ4v) is 7.27. The summed E-state index contributed by atoms with van der Waals surface area (Å²) in [6.07, 6.45) is 0.648. The second-order valence-electron chi connectivity index (χ2n) is 10.4. The summed E-state index contributed by atoms with van der Waals surface area (Å²) in [6.45, 7) is 6.43. The summed E-state index contributed by atoms with van der Waals surface area (Å²) >= 11 is 2.38. The third kappa shape index (κ3) is 5.99. The van der Waals surface area contributed by atoms with E-state index in [4.69, 9.17) is 14.2 Å². The van der Waals surface area contributed by atoms with Gasteiger partial charge in [0.05, 0.1) is 24.8 Å². The minimum atomic E-state index is -1.04. The van der Waals surface area contributed by atoms with Crippen molar-refractivity contribution in [1.82, 2.24) is 10.2 Å². The Morgan fingerprint density at radius 3 is 2.62 bits per heavy atom. The number of aromatic nitrogens is 2. The maximum Gasteiger partial charge on any atom is 0.301 e. The fourth-order valence-electron chi connectivity index (χ4n) is 5.42. The van der Waals surface area contributed by atoms with E-state index < -0.39 is 17.7 Å². The Morgan fingerprint density at radius 2 is 1.84 bits per heavy atom. The molecule has 45 heavy (non-hydrogen) atoms. The fraction of sp³-hybridized carbons (Fsp3) is 0.273. The topological polar surface area (TPSA) is 111 Å². The third-order valence-corrected chi connectivity index (χ3v) is 9.51. The van der Waals surface area contributed by atoms with Gasteiger partial charge < -0.3 is 19.3 Å². The molecule has 232 valence electrons. The molecule has 1 N–H and O–H groups in total. The first-order valence-corrected chi connectivity index (χ1v) is 16.3. The molecule has 3 aromatic carbocycles. The zero-order valence-electron chi connectivity index (χ0n) is 24.8. The van der Waals surface area contributed by atoms with Crippen molar-refractivity contribution in [2.75, 3.05) is 18.1 Å². The first-order valence-electron chi connectivity index (χ1n) is 14.5. The monoisotopic (exact) mass is 647 g/mol. The van der Waals surface area contributed by atoms with Gasteiger partial charge in [0.25, 0.3) is 5.78 Å². The quantitative estimate of drug-likeness (QED) is 0.0660. The number of thioether (sulfide) groups is 1. The van der Waals surface area contributed by atoms with Gasteiger partial charge in [-0.05, 0) is 73.9 Å². The highest BCUT2D eigenvalue weighted by atomic mass is 32.2. The van der Waals surface area contributed by atoms with Crippen LogP contribution in [0.15, 0.2) is 70.6 Å². The van der Waals surface area contributed by atoms with Crippen molar-refractivity contribution >= 4 is 45.7 Å². The molecule has 1 saturated heterocycles. The summed E-state index contributed by atoms with van der Waals surface area (Å²) < 4.78 is 32.1. The lowest BCUT2D eigenvalue weighted by molar-refractivity contribution is -0.132. The molecule has 0 unspecified atom stereocenters. The molecule has 0 saturated carbocycles. The molecule has 3 heterocycles. The second kappa shape index (κ2) is 12.9. The van der Waals surface area contributed by atoms with Crippen molar-refractivity contribution in [3.05, 3.63) is 94.3 Å². The van der Waals surface area contributed by atoms with E-state index in [2.05, 4.69) is 10.2 Å². The van der Waals surface area contributed by atoms with Crippen LogP contribution in [0.3, 0.4) is 0 Å². The molecule has 1 fully saturated rings. The highest BCUT2D eigenvalue weighted by Crippen LogP contribution is 2.46. The Kier molecular flexibility index (Phi) is 8.77. The van der Waals surface area contributed by atoms with Gasteiger partial charge >= 0.3 is 5.91 Å². The van der Waals surface area contributed by atoms with E-state index in [0.29, 0.717) is 57.9 Å². The van der Waals surface area contributed by atoms with E-state index in [0.717, 1.165) is 22.6 Å². The average Bonchev–Trinajstić information content (AvgIpc) is 3.72. The standard InChI is InChI=1S/C33H30FN3O6S2/c1-4-41-25-13-10-19(16-26(25)42-5-2)28-27(29(38)20-11-12-24-22(15-20)14-18(3)43-24)30(39)31(40)37(28)32-35-36-33(45-32)44-17-21-8-6-7-9-23(21)34/h6-13,15-16,18,28,38H,4-5,14,17H2,1-3H3/t18-,28-/m1/s1. The van der Waals surface area contributed by atoms with Crippen LogP contribution in [0.25, 0.3) is 5.76 Å². The lowest BCUT2D eigenvalue weighted by Gasteiger charge is -2.23. The van der Waals surface area contributed by atoms with Crippen LogP contribution in [0, 0.1) is 5.82 Å². The zero-order chi connectivity index (χ0) is 31.7. The van der Waals surface area contributed by atoms with Gasteiger partial charge in [-0.1, -0.05) is 47.4 Å². The number of rotatable bonds is 10. The van der Waals surface area contributed by atoms with Crippen molar-refractivity contribution in [2.45, 2.75) is 49.4 Å². The number of carbonyl (C=O) groups is 2. The molecule has 1 aromatic heterocycles. The highest BCUT2D eigenvalue weighted by molar-refractivity contribution is 8.00. The molecule has 0 bridgehead atoms. The number of ether oxygens (including phenoxy) is 3. The van der Waals surface area contributed by atoms with Crippen molar-refractivity contribution in [3.8, 4) is 17.2 Å². The summed E-state index contributed by atoms with van der Waals surface area (Å²) in [5, 5.41) is 20.3. The number of aliphatic hydroxyl groups is 1. The summed E-state index contributed by atoms with van der Waals surface area (Å²) in [7, 11) is 0. The van der Waals surface area contributed by atoms with Gasteiger partial charge in [0.15, 0.2) is 15.8 Å². The smallest absolute Gasteiger partial charge is 0.301 e. The van der Waals surface area contributed by atoms with Crippen LogP contribution in [-0.2, 0) is 21.8 Å². The molecular weight excluding hydrogens is 618 g/mol. The summed E-state index contributed by atoms with van der Waals surface area (Å²) in [5.41, 5.74) is 2.22. The van der Waals surface area contributed by atoms with E-state index in [1.807, 2.05) is 20.8 Å². The summed E-state index contributed by atoms with van der Waals surface area (Å²) in [4.78, 5) is 28.7. The Balaban J connectivity index is 1.43. The number of ketones is 1. The Bertz CT molecular complexity index is 1810. The van der Waals surface area contributed by atoms with E-state index >= 15 is 0 Å². The largest absolute Gasteiger partial charge is 0.507 e. The molecule has 2 aliphatic rings. The average molecular weight is 648 g/mol. The number of carbonyl (C=O) groups excluding carboxylic acids is 2. The third-order valence-electron chi connectivity index (χ3n) is 7.41. The van der Waals surface area contributed by atoms with Gasteiger partial charge in [0.1, 0.15) is 23.4 Å². The van der Waals surface area contributed by atoms with Crippen molar-refractivity contribution in [3.63, 3.8) is 0 Å². The van der Waals surface area contributed by atoms with Crippen molar-refractivity contribution < 1.29 is 33.3 Å². The molecule has 9 nitrogen and oxygen atoms in total. The number of benzene rings is 3. The summed E-state index contributed by atoms with van der Waals surface area (Å²) in [5.74, 6) is -0.375. The molecule has 0 spiro atoms. The number of Topliss-reactive ketones (excluding diaryl/α,β-unsaturated/α-hetero) is 1. The van der Waals surface area contributed by atoms with Gasteiger partial charge in [0.2, 0.25) is 5.13 Å². The first kappa shape index (κ1) is 30.6. The Labute approximate surface area is 267 Å². The maximum atomic E-state index is 14.2. The number of nitrogens with zero attached hydrogens (tertiary/aromatic N) is 3. The van der Waals surface area contributed by atoms with Crippen LogP contribution >= 0.6 is 23.1 Å². The lowest BCUT2D eigenvalue weighted by Crippen LogP contribution is -2.29. The first-order chi connectivity index (χ1) is 21.8. The van der Waals surface area contributed by atoms with Crippen LogP contribution in [0.4, 0.5) is 9.52 Å². The lowest BCUT2D eigenvalue weighted by atomic mass is 9.94. The molecule has 1 amide bonds. The Hall–Kier alpha value is -4.42. The van der Waals surface area contributed by atoms with Gasteiger partial charge in [-0.2, -0.15) is 0 Å². The van der Waals surface area contributed by atoms with Gasteiger partial charge in [0, 0.05) is 17.7 Å². The number of halogens is 1. The molecule has 2 atom stereocenters. The van der Waals surface area contributed by atoms with Crippen LogP contribution in [0.1, 0.15) is 49.1 Å². The van der Waals surface area contributed by atoms with Crippen LogP contribution in [0.2, 0.25) is 0 Å². The Morgan fingerprint density at radius 1 is 1.07 bits per heavy atom. The summed E-state index contributed by atoms with van der Waals surface area (Å²) in [6, 6.07) is 15.8. The predicted molar refractivity (Wildman–Crippen MR) is 170 cm³/mol. The number of aliphatic hydroxyl groups excluding tert-OH is 1. The van der Waals surface area contributed by atoms with Crippen molar-refractivity contribution in [1.29, 1.82) is 0 Å². The molecule has 6 rings (SSSR count). The SMILES string of the molecule is CCOc1ccc([C@@H]2C(=C(O)c3ccc4c(c3)C[C@@H](C)O4)C(=O)C(=O)N2c2nnc(SCc3ccccc3F)s2)cc1OCC. The van der Waals surface area contributed by atoms with Crippen LogP contribution in [0.5, 0.6) is 17.2 Å². The predicted octanol–water partition coefficient (Wildman–Crippen LogP) is 6.72. The second-order valence-corrected chi connectivity index (χ2v) is 12.6. The van der Waals surface area contributed by atoms with Crippen LogP contribution in [-0.4, -0.2) is 46.3 Å². The highest BCUT2D eigenvalue weighted by Gasteiger charge is 2.48. The van der Waals surface area contributed by atoms with Crippen molar-refractivity contribution in [2.24, 2.45) is 0 Å². The maximum absolute atomic E-state index is 14.2. The van der Waals surface area contributed by atoms with E-state index in [9.17, 15) is 19.1 Å². The minimum absolute atomic E-state index is 0.00771. The number of fused-ring (bicyclic) bond motifs is 1. The van der Waals surface area contributed by atoms with Gasteiger partial charge in [-0.3, -0.25) is 14.5 Å². The van der Waals surface area contributed by atoms with E-state index in [1.54, 1.807) is 54.6 Å². The zero-order valence-corrected chi connectivity index (χ0v) is 26.4. The normalized spacial score (nSPS) is 18.6. The van der Waals surface area contributed by atoms with Crippen LogP contribution < -0.4 is 19.1 Å². The molecule has 0 aliphatic carbocycles. The number of hydrogen-bond acceptors (Lipinski definition) is 10. The number of anilines is 1. The van der Waals surface area contributed by atoms with Gasteiger partial charge in [-0.25, -0.2) is 4.39 Å².